The summed E-state index contributed by atoms with van der Waals surface area (Å²) in [5.74, 6) is -0.175. The number of benzene rings is 1. The summed E-state index contributed by atoms with van der Waals surface area (Å²) in [6, 6.07) is 3.73. The molecule has 1 aliphatic heterocycles. The summed E-state index contributed by atoms with van der Waals surface area (Å²) in [5.41, 5.74) is 3.88. The van der Waals surface area contributed by atoms with Gasteiger partial charge in [0.1, 0.15) is 0 Å². The van der Waals surface area contributed by atoms with E-state index in [2.05, 4.69) is 4.90 Å². The lowest BCUT2D eigenvalue weighted by Gasteiger charge is -2.25. The van der Waals surface area contributed by atoms with Gasteiger partial charge in [-0.1, -0.05) is 31.5 Å². The minimum atomic E-state index is -0.312. The lowest BCUT2D eigenvalue weighted by molar-refractivity contribution is -0.122. The van der Waals surface area contributed by atoms with E-state index in [0.29, 0.717) is 0 Å². The summed E-state index contributed by atoms with van der Waals surface area (Å²) in [6.45, 7) is 11.5. The zero-order chi connectivity index (χ0) is 15.7. The van der Waals surface area contributed by atoms with Crippen LogP contribution in [-0.4, -0.2) is 35.8 Å². The molecule has 4 nitrogen and oxygen atoms in total. The molecule has 2 amide bonds. The summed E-state index contributed by atoms with van der Waals surface area (Å²) in [4.78, 5) is 28.6. The zero-order valence-corrected chi connectivity index (χ0v) is 13.6. The number of imide groups is 1. The molecule has 0 saturated carbocycles. The second kappa shape index (κ2) is 5.98. The van der Waals surface area contributed by atoms with Crippen LogP contribution in [0.5, 0.6) is 0 Å². The van der Waals surface area contributed by atoms with Crippen LogP contribution >= 0.6 is 0 Å². The van der Waals surface area contributed by atoms with E-state index in [9.17, 15) is 9.59 Å². The van der Waals surface area contributed by atoms with Crippen LogP contribution in [0.3, 0.4) is 0 Å². The van der Waals surface area contributed by atoms with Crippen LogP contribution in [0.1, 0.15) is 37.0 Å². The maximum absolute atomic E-state index is 12.7. The van der Waals surface area contributed by atoms with Crippen molar-refractivity contribution in [3.63, 3.8) is 0 Å². The molecule has 0 unspecified atom stereocenters. The van der Waals surface area contributed by atoms with Crippen LogP contribution in [0.15, 0.2) is 12.1 Å². The SMILES string of the molecule is CCN(CC)[C@H]1CC(=O)N(c2c(C)cc(C)cc2C)C1=O. The number of carbonyl (C=O) groups excluding carboxylic acids is 2. The fourth-order valence-corrected chi connectivity index (χ4v) is 3.33. The third kappa shape index (κ3) is 2.72. The van der Waals surface area contributed by atoms with Gasteiger partial charge in [-0.15, -0.1) is 0 Å². The molecule has 1 fully saturated rings. The molecule has 1 aromatic carbocycles. The predicted molar refractivity (Wildman–Crippen MR) is 84.5 cm³/mol. The van der Waals surface area contributed by atoms with Crippen LogP contribution in [-0.2, 0) is 9.59 Å². The number of rotatable bonds is 4. The third-order valence-electron chi connectivity index (χ3n) is 4.23. The molecule has 0 aliphatic carbocycles. The molecule has 114 valence electrons. The number of aryl methyl sites for hydroxylation is 3. The van der Waals surface area contributed by atoms with Gasteiger partial charge in [0.05, 0.1) is 18.2 Å². The Balaban J connectivity index is 2.42. The lowest BCUT2D eigenvalue weighted by atomic mass is 10.0. The zero-order valence-electron chi connectivity index (χ0n) is 13.6. The fourth-order valence-electron chi connectivity index (χ4n) is 3.33. The van der Waals surface area contributed by atoms with E-state index in [-0.39, 0.29) is 24.3 Å². The quantitative estimate of drug-likeness (QED) is 0.800. The second-order valence-corrected chi connectivity index (χ2v) is 5.76. The number of anilines is 1. The molecule has 1 heterocycles. The standard InChI is InChI=1S/C17H24N2O2/c1-6-18(7-2)14-10-15(20)19(17(14)21)16-12(4)8-11(3)9-13(16)5/h8-9,14H,6-7,10H2,1-5H3/t14-/m0/s1. The largest absolute Gasteiger partial charge is 0.292 e. The van der Waals surface area contributed by atoms with E-state index in [4.69, 9.17) is 0 Å². The van der Waals surface area contributed by atoms with Crippen LogP contribution in [0.2, 0.25) is 0 Å². The van der Waals surface area contributed by atoms with E-state index in [1.165, 1.54) is 4.90 Å². The summed E-state index contributed by atoms with van der Waals surface area (Å²) in [7, 11) is 0. The Kier molecular flexibility index (Phi) is 4.47. The smallest absolute Gasteiger partial charge is 0.251 e. The Hall–Kier alpha value is -1.68. The fraction of sp³-hybridized carbons (Fsp3) is 0.529. The van der Waals surface area contributed by atoms with Gasteiger partial charge in [0.2, 0.25) is 5.91 Å². The van der Waals surface area contributed by atoms with Crippen LogP contribution < -0.4 is 4.90 Å². The Labute approximate surface area is 126 Å². The number of nitrogens with zero attached hydrogens (tertiary/aromatic N) is 2. The van der Waals surface area contributed by atoms with E-state index < -0.39 is 0 Å². The number of hydrogen-bond acceptors (Lipinski definition) is 3. The average Bonchev–Trinajstić information content (AvgIpc) is 2.68. The monoisotopic (exact) mass is 288 g/mol. The van der Waals surface area contributed by atoms with Crippen LogP contribution in [0.4, 0.5) is 5.69 Å². The molecule has 0 bridgehead atoms. The Morgan fingerprint density at radius 1 is 1.10 bits per heavy atom. The van der Waals surface area contributed by atoms with Crippen molar-refractivity contribution in [3.8, 4) is 0 Å². The topological polar surface area (TPSA) is 40.6 Å². The summed E-state index contributed by atoms with van der Waals surface area (Å²) in [5, 5.41) is 0. The summed E-state index contributed by atoms with van der Waals surface area (Å²) < 4.78 is 0. The molecule has 0 spiro atoms. The van der Waals surface area contributed by atoms with Crippen molar-refractivity contribution >= 4 is 17.5 Å². The molecule has 1 saturated heterocycles. The van der Waals surface area contributed by atoms with Crippen molar-refractivity contribution in [2.24, 2.45) is 0 Å². The Bertz CT molecular complexity index is 553. The maximum atomic E-state index is 12.7. The van der Waals surface area contributed by atoms with Crippen molar-refractivity contribution in [3.05, 3.63) is 28.8 Å². The maximum Gasteiger partial charge on any atom is 0.251 e. The van der Waals surface area contributed by atoms with Gasteiger partial charge >= 0.3 is 0 Å². The van der Waals surface area contributed by atoms with Gasteiger partial charge in [0.25, 0.3) is 5.91 Å². The van der Waals surface area contributed by atoms with E-state index in [1.807, 2.05) is 46.8 Å². The third-order valence-corrected chi connectivity index (χ3v) is 4.23. The van der Waals surface area contributed by atoms with Crippen molar-refractivity contribution in [2.75, 3.05) is 18.0 Å². The minimum absolute atomic E-state index is 0.0845. The molecule has 2 rings (SSSR count). The van der Waals surface area contributed by atoms with Gasteiger partial charge in [-0.2, -0.15) is 0 Å². The van der Waals surface area contributed by atoms with Gasteiger partial charge in [-0.3, -0.25) is 14.5 Å². The van der Waals surface area contributed by atoms with Gasteiger partial charge in [0.15, 0.2) is 0 Å². The highest BCUT2D eigenvalue weighted by Gasteiger charge is 2.42. The highest BCUT2D eigenvalue weighted by atomic mass is 16.2. The van der Waals surface area contributed by atoms with Crippen molar-refractivity contribution < 1.29 is 9.59 Å². The summed E-state index contributed by atoms with van der Waals surface area (Å²) in [6.07, 6.45) is 0.285. The first-order valence-corrected chi connectivity index (χ1v) is 7.59. The van der Waals surface area contributed by atoms with Gasteiger partial charge in [0, 0.05) is 0 Å². The van der Waals surface area contributed by atoms with E-state index in [1.54, 1.807) is 0 Å². The van der Waals surface area contributed by atoms with Crippen LogP contribution in [0, 0.1) is 20.8 Å². The molecular formula is C17H24N2O2. The van der Waals surface area contributed by atoms with E-state index >= 15 is 0 Å². The average molecular weight is 288 g/mol. The molecule has 21 heavy (non-hydrogen) atoms. The highest BCUT2D eigenvalue weighted by molar-refractivity contribution is 6.23. The van der Waals surface area contributed by atoms with E-state index in [0.717, 1.165) is 35.5 Å². The lowest BCUT2D eigenvalue weighted by Crippen LogP contribution is -2.42. The van der Waals surface area contributed by atoms with Crippen molar-refractivity contribution in [2.45, 2.75) is 47.1 Å². The number of carbonyl (C=O) groups is 2. The Morgan fingerprint density at radius 2 is 1.62 bits per heavy atom. The second-order valence-electron chi connectivity index (χ2n) is 5.76. The molecular weight excluding hydrogens is 264 g/mol. The molecule has 1 atom stereocenters. The van der Waals surface area contributed by atoms with Gasteiger partial charge < -0.3 is 0 Å². The normalized spacial score (nSPS) is 19.0. The molecule has 0 N–H and O–H groups in total. The first-order chi connectivity index (χ1) is 9.90. The predicted octanol–water partition coefficient (Wildman–Crippen LogP) is 2.59. The number of likely N-dealkylation sites (N-methyl/N-ethyl adjacent to an activating group) is 1. The van der Waals surface area contributed by atoms with Crippen molar-refractivity contribution in [1.29, 1.82) is 0 Å². The van der Waals surface area contributed by atoms with Crippen molar-refractivity contribution in [1.82, 2.24) is 4.90 Å². The number of amides is 2. The first-order valence-electron chi connectivity index (χ1n) is 7.59. The molecule has 1 aromatic rings. The highest BCUT2D eigenvalue weighted by Crippen LogP contribution is 2.32. The Morgan fingerprint density at radius 3 is 2.10 bits per heavy atom. The first kappa shape index (κ1) is 15.7. The van der Waals surface area contributed by atoms with Crippen LogP contribution in [0.25, 0.3) is 0 Å². The molecule has 0 aromatic heterocycles. The number of hydrogen-bond donors (Lipinski definition) is 0. The molecule has 1 aliphatic rings. The summed E-state index contributed by atoms with van der Waals surface area (Å²) >= 11 is 0. The molecule has 4 heteroatoms. The minimum Gasteiger partial charge on any atom is -0.292 e. The molecule has 0 radical (unpaired) electrons. The van der Waals surface area contributed by atoms with Gasteiger partial charge in [-0.25, -0.2) is 4.90 Å². The van der Waals surface area contributed by atoms with Gasteiger partial charge in [-0.05, 0) is 45.0 Å².